The third-order valence-corrected chi connectivity index (χ3v) is 5.85. The fraction of sp³-hybridized carbons (Fsp3) is 0.308. The second-order valence-electron chi connectivity index (χ2n) is 4.89. The van der Waals surface area contributed by atoms with Crippen molar-refractivity contribution in [2.45, 2.75) is 12.5 Å². The zero-order valence-corrected chi connectivity index (χ0v) is 12.7. The molecule has 1 aliphatic rings. The van der Waals surface area contributed by atoms with Crippen LogP contribution in [0.3, 0.4) is 0 Å². The molecule has 6 nitrogen and oxygen atoms in total. The number of sulfone groups is 1. The second-order valence-corrected chi connectivity index (χ2v) is 7.87. The fourth-order valence-electron chi connectivity index (χ4n) is 2.28. The van der Waals surface area contributed by atoms with Gasteiger partial charge in [-0.1, -0.05) is 34.8 Å². The van der Waals surface area contributed by atoms with Gasteiger partial charge in [0.25, 0.3) is 5.91 Å². The predicted molar refractivity (Wildman–Crippen MR) is 79.9 cm³/mol. The Morgan fingerprint density at radius 3 is 2.71 bits per heavy atom. The van der Waals surface area contributed by atoms with E-state index in [2.05, 4.69) is 14.9 Å². The molecule has 1 saturated heterocycles. The molecule has 1 amide bonds. The van der Waals surface area contributed by atoms with Gasteiger partial charge in [0.05, 0.1) is 16.4 Å². The van der Waals surface area contributed by atoms with Crippen LogP contribution in [0.1, 0.15) is 16.9 Å². The van der Waals surface area contributed by atoms with E-state index in [4.69, 9.17) is 0 Å². The molecule has 1 aliphatic heterocycles. The average molecular weight is 323 g/mol. The number of benzene rings is 1. The smallest absolute Gasteiger partial charge is 0.273 e. The van der Waals surface area contributed by atoms with E-state index < -0.39 is 9.84 Å². The summed E-state index contributed by atoms with van der Waals surface area (Å²) in [6.07, 6.45) is 0.451. The van der Waals surface area contributed by atoms with Crippen LogP contribution in [0.25, 0.3) is 10.4 Å². The number of hydrogen-bond donors (Lipinski definition) is 1. The minimum Gasteiger partial charge on any atom is -0.347 e. The fourth-order valence-corrected chi connectivity index (χ4v) is 4.62. The zero-order chi connectivity index (χ0) is 14.9. The van der Waals surface area contributed by atoms with Crippen LogP contribution in [0.4, 0.5) is 0 Å². The summed E-state index contributed by atoms with van der Waals surface area (Å²) in [6, 6.07) is 9.06. The Balaban J connectivity index is 1.79. The number of carbonyl (C=O) groups excluding carboxylic acids is 1. The van der Waals surface area contributed by atoms with E-state index in [0.717, 1.165) is 17.1 Å². The Labute approximate surface area is 126 Å². The number of aromatic nitrogens is 2. The van der Waals surface area contributed by atoms with Gasteiger partial charge in [-0.15, -0.1) is 5.10 Å². The molecule has 0 bridgehead atoms. The van der Waals surface area contributed by atoms with Gasteiger partial charge in [-0.25, -0.2) is 8.42 Å². The molecule has 8 heteroatoms. The molecule has 110 valence electrons. The first-order valence-corrected chi connectivity index (χ1v) is 9.04. The van der Waals surface area contributed by atoms with Crippen molar-refractivity contribution < 1.29 is 13.2 Å². The maximum atomic E-state index is 12.3. The third-order valence-electron chi connectivity index (χ3n) is 3.31. The lowest BCUT2D eigenvalue weighted by Gasteiger charge is -2.09. The Kier molecular flexibility index (Phi) is 3.73. The summed E-state index contributed by atoms with van der Waals surface area (Å²) in [4.78, 5) is 13.0. The number of nitrogens with zero attached hydrogens (tertiary/aromatic N) is 2. The Bertz CT molecular complexity index is 756. The molecule has 1 fully saturated rings. The van der Waals surface area contributed by atoms with Crippen LogP contribution in [0, 0.1) is 0 Å². The second kappa shape index (κ2) is 5.53. The number of amides is 1. The van der Waals surface area contributed by atoms with Crippen LogP contribution in [0.5, 0.6) is 0 Å². The number of carbonyl (C=O) groups is 1. The highest BCUT2D eigenvalue weighted by Gasteiger charge is 2.30. The largest absolute Gasteiger partial charge is 0.347 e. The van der Waals surface area contributed by atoms with Gasteiger partial charge in [0.1, 0.15) is 0 Å². The minimum absolute atomic E-state index is 0.00300. The van der Waals surface area contributed by atoms with Crippen molar-refractivity contribution in [1.82, 2.24) is 14.9 Å². The molecule has 1 aromatic carbocycles. The van der Waals surface area contributed by atoms with Crippen LogP contribution in [0.15, 0.2) is 30.3 Å². The Morgan fingerprint density at radius 1 is 1.29 bits per heavy atom. The molecule has 0 aliphatic carbocycles. The topological polar surface area (TPSA) is 89.0 Å². The normalized spacial score (nSPS) is 20.3. The molecule has 0 unspecified atom stereocenters. The van der Waals surface area contributed by atoms with E-state index in [1.54, 1.807) is 0 Å². The quantitative estimate of drug-likeness (QED) is 0.914. The van der Waals surface area contributed by atoms with Crippen molar-refractivity contribution in [3.8, 4) is 10.4 Å². The number of nitrogens with one attached hydrogen (secondary N) is 1. The monoisotopic (exact) mass is 323 g/mol. The molecule has 1 aromatic heterocycles. The van der Waals surface area contributed by atoms with Crippen molar-refractivity contribution >= 4 is 27.3 Å². The van der Waals surface area contributed by atoms with Crippen LogP contribution < -0.4 is 5.32 Å². The highest BCUT2D eigenvalue weighted by Crippen LogP contribution is 2.26. The van der Waals surface area contributed by atoms with Gasteiger partial charge in [-0.05, 0) is 23.5 Å². The average Bonchev–Trinajstić information content (AvgIpc) is 3.06. The van der Waals surface area contributed by atoms with Crippen molar-refractivity contribution in [2.24, 2.45) is 0 Å². The molecule has 3 rings (SSSR count). The van der Waals surface area contributed by atoms with Crippen molar-refractivity contribution in [3.05, 3.63) is 36.0 Å². The zero-order valence-electron chi connectivity index (χ0n) is 11.0. The summed E-state index contributed by atoms with van der Waals surface area (Å²) in [5.74, 6) is -0.250. The van der Waals surface area contributed by atoms with Gasteiger partial charge in [0.2, 0.25) is 0 Å². The Hall–Kier alpha value is -1.80. The molecule has 0 spiro atoms. The van der Waals surface area contributed by atoms with Gasteiger partial charge < -0.3 is 5.32 Å². The molecule has 21 heavy (non-hydrogen) atoms. The molecular weight excluding hydrogens is 310 g/mol. The summed E-state index contributed by atoms with van der Waals surface area (Å²) in [7, 11) is -3.02. The molecule has 2 heterocycles. The molecule has 2 aromatic rings. The van der Waals surface area contributed by atoms with Crippen molar-refractivity contribution in [2.75, 3.05) is 11.5 Å². The Morgan fingerprint density at radius 2 is 2.05 bits per heavy atom. The summed E-state index contributed by atoms with van der Waals surface area (Å²) < 4.78 is 26.7. The van der Waals surface area contributed by atoms with Crippen LogP contribution >= 0.6 is 11.5 Å². The van der Waals surface area contributed by atoms with E-state index >= 15 is 0 Å². The SMILES string of the molecule is O=C(N[C@@H]1CCS(=O)(=O)C1)c1nnsc1-c1ccccc1. The van der Waals surface area contributed by atoms with E-state index in [-0.39, 0.29) is 29.1 Å². The summed E-state index contributed by atoms with van der Waals surface area (Å²) >= 11 is 1.15. The summed E-state index contributed by atoms with van der Waals surface area (Å²) in [5.41, 5.74) is 1.12. The number of hydrogen-bond acceptors (Lipinski definition) is 6. The van der Waals surface area contributed by atoms with Gasteiger partial charge in [-0.2, -0.15) is 0 Å². The summed E-state index contributed by atoms with van der Waals surface area (Å²) in [5, 5.41) is 6.61. The van der Waals surface area contributed by atoms with Gasteiger partial charge in [-0.3, -0.25) is 4.79 Å². The highest BCUT2D eigenvalue weighted by atomic mass is 32.2. The maximum absolute atomic E-state index is 12.3. The lowest BCUT2D eigenvalue weighted by atomic mass is 10.1. The first kappa shape index (κ1) is 14.2. The van der Waals surface area contributed by atoms with E-state index in [9.17, 15) is 13.2 Å². The van der Waals surface area contributed by atoms with Gasteiger partial charge in [0.15, 0.2) is 15.5 Å². The van der Waals surface area contributed by atoms with Crippen molar-refractivity contribution in [3.63, 3.8) is 0 Å². The van der Waals surface area contributed by atoms with Gasteiger partial charge >= 0.3 is 0 Å². The highest BCUT2D eigenvalue weighted by molar-refractivity contribution is 7.91. The molecule has 1 atom stereocenters. The van der Waals surface area contributed by atoms with E-state index in [1.165, 1.54) is 0 Å². The minimum atomic E-state index is -3.02. The lowest BCUT2D eigenvalue weighted by molar-refractivity contribution is 0.0936. The maximum Gasteiger partial charge on any atom is 0.273 e. The van der Waals surface area contributed by atoms with E-state index in [1.807, 2.05) is 30.3 Å². The van der Waals surface area contributed by atoms with E-state index in [0.29, 0.717) is 11.3 Å². The van der Waals surface area contributed by atoms with Crippen LogP contribution in [-0.4, -0.2) is 41.5 Å². The van der Waals surface area contributed by atoms with Crippen molar-refractivity contribution in [1.29, 1.82) is 0 Å². The molecule has 0 saturated carbocycles. The van der Waals surface area contributed by atoms with Crippen LogP contribution in [-0.2, 0) is 9.84 Å². The third kappa shape index (κ3) is 3.11. The molecule has 0 radical (unpaired) electrons. The predicted octanol–water partition coefficient (Wildman–Crippen LogP) is 1.12. The number of rotatable bonds is 3. The summed E-state index contributed by atoms with van der Waals surface area (Å²) in [6.45, 7) is 0. The lowest BCUT2D eigenvalue weighted by Crippen LogP contribution is -2.36. The molecule has 1 N–H and O–H groups in total. The standard InChI is InChI=1S/C13H13N3O3S2/c17-13(14-10-6-7-21(18,19)8-10)11-12(20-16-15-11)9-4-2-1-3-5-9/h1-5,10H,6-8H2,(H,14,17)/t10-/m1/s1. The first-order valence-electron chi connectivity index (χ1n) is 6.44. The first-order chi connectivity index (χ1) is 10.1. The van der Waals surface area contributed by atoms with Gasteiger partial charge in [0, 0.05) is 6.04 Å². The van der Waals surface area contributed by atoms with Crippen LogP contribution in [0.2, 0.25) is 0 Å². The molecular formula is C13H13N3O3S2.